The number of aryl methyl sites for hydroxylation is 1. The molecule has 0 radical (unpaired) electrons. The summed E-state index contributed by atoms with van der Waals surface area (Å²) in [6.45, 7) is 4.49. The van der Waals surface area contributed by atoms with Gasteiger partial charge in [-0.05, 0) is 91.7 Å². The predicted octanol–water partition coefficient (Wildman–Crippen LogP) is 8.75. The summed E-state index contributed by atoms with van der Waals surface area (Å²) < 4.78 is 70.1. The zero-order chi connectivity index (χ0) is 24.0. The normalized spacial score (nSPS) is 19.2. The van der Waals surface area contributed by atoms with Crippen molar-refractivity contribution in [2.75, 3.05) is 0 Å². The molecule has 0 spiro atoms. The van der Waals surface area contributed by atoms with E-state index in [0.29, 0.717) is 12.0 Å². The lowest BCUT2D eigenvalue weighted by Crippen LogP contribution is -2.17. The second kappa shape index (κ2) is 11.3. The molecule has 0 saturated heterocycles. The lowest BCUT2D eigenvalue weighted by Gasteiger charge is -2.29. The van der Waals surface area contributed by atoms with Gasteiger partial charge in [0.1, 0.15) is 17.4 Å². The molecule has 0 unspecified atom stereocenters. The highest BCUT2D eigenvalue weighted by atomic mass is 19.4. The van der Waals surface area contributed by atoms with Crippen LogP contribution in [0.1, 0.15) is 81.4 Å². The minimum Gasteiger partial charge on any atom is -0.406 e. The van der Waals surface area contributed by atoms with Crippen LogP contribution in [0, 0.1) is 23.5 Å². The molecule has 1 saturated carbocycles. The first-order valence-electron chi connectivity index (χ1n) is 11.9. The smallest absolute Gasteiger partial charge is 0.406 e. The highest BCUT2D eigenvalue weighted by molar-refractivity contribution is 5.31. The van der Waals surface area contributed by atoms with Crippen molar-refractivity contribution in [2.45, 2.75) is 83.9 Å². The third kappa shape index (κ3) is 8.01. The Balaban J connectivity index is 1.54. The van der Waals surface area contributed by atoms with Crippen molar-refractivity contribution in [1.82, 2.24) is 0 Å². The van der Waals surface area contributed by atoms with Crippen LogP contribution in [0.5, 0.6) is 5.75 Å². The zero-order valence-electron chi connectivity index (χ0n) is 19.4. The monoisotopic (exact) mass is 468 g/mol. The van der Waals surface area contributed by atoms with E-state index in [1.165, 1.54) is 55.7 Å². The number of halogens is 5. The topological polar surface area (TPSA) is 9.23 Å². The van der Waals surface area contributed by atoms with E-state index >= 15 is 0 Å². The molecular weight excluding hydrogens is 435 g/mol. The van der Waals surface area contributed by atoms with E-state index in [2.05, 4.69) is 18.6 Å². The Morgan fingerprint density at radius 3 is 2.06 bits per heavy atom. The van der Waals surface area contributed by atoms with Gasteiger partial charge in [-0.1, -0.05) is 45.2 Å². The van der Waals surface area contributed by atoms with Crippen molar-refractivity contribution in [3.63, 3.8) is 0 Å². The van der Waals surface area contributed by atoms with Gasteiger partial charge in [-0.3, -0.25) is 0 Å². The lowest BCUT2D eigenvalue weighted by atomic mass is 9.76. The molecule has 1 fully saturated rings. The van der Waals surface area contributed by atoms with Gasteiger partial charge in [-0.2, -0.15) is 0 Å². The van der Waals surface area contributed by atoms with E-state index in [9.17, 15) is 22.0 Å². The molecule has 182 valence electrons. The Kier molecular flexibility index (Phi) is 8.77. The van der Waals surface area contributed by atoms with Crippen LogP contribution in [0.3, 0.4) is 0 Å². The average molecular weight is 469 g/mol. The summed E-state index contributed by atoms with van der Waals surface area (Å²) in [5.41, 5.74) is 1.45. The number of hydrogen-bond donors (Lipinski definition) is 0. The standard InChI is InChI=1S/C27H33F5O/c1-18(2)4-3-5-19-6-11-21(12-7-19)22-16-25(28)24(26(29)17-22)15-10-20-8-13-23(14-9-20)33-27(30,31)32/h8-9,13-14,16-19,21H,3-7,10-12,15H2,1-2H3. The van der Waals surface area contributed by atoms with Gasteiger partial charge in [0.25, 0.3) is 0 Å². The van der Waals surface area contributed by atoms with Gasteiger partial charge in [0.15, 0.2) is 0 Å². The van der Waals surface area contributed by atoms with Crippen LogP contribution in [-0.2, 0) is 12.8 Å². The largest absolute Gasteiger partial charge is 0.573 e. The molecular formula is C27H33F5O. The van der Waals surface area contributed by atoms with Crippen LogP contribution < -0.4 is 4.74 Å². The van der Waals surface area contributed by atoms with Crippen LogP contribution >= 0.6 is 0 Å². The maximum Gasteiger partial charge on any atom is 0.573 e. The van der Waals surface area contributed by atoms with Crippen LogP contribution in [0.2, 0.25) is 0 Å². The molecule has 6 heteroatoms. The van der Waals surface area contributed by atoms with Crippen LogP contribution in [0.4, 0.5) is 22.0 Å². The molecule has 1 aliphatic rings. The SMILES string of the molecule is CC(C)CCCC1CCC(c2cc(F)c(CCc3ccc(OC(F)(F)F)cc3)c(F)c2)CC1. The molecule has 0 heterocycles. The van der Waals surface area contributed by atoms with E-state index < -0.39 is 18.0 Å². The summed E-state index contributed by atoms with van der Waals surface area (Å²) >= 11 is 0. The maximum absolute atomic E-state index is 14.8. The van der Waals surface area contributed by atoms with Crippen LogP contribution in [0.15, 0.2) is 36.4 Å². The Bertz CT molecular complexity index is 857. The molecule has 0 N–H and O–H groups in total. The summed E-state index contributed by atoms with van der Waals surface area (Å²) in [6.07, 6.45) is 3.63. The molecule has 1 aliphatic carbocycles. The van der Waals surface area contributed by atoms with Gasteiger partial charge in [-0.25, -0.2) is 8.78 Å². The summed E-state index contributed by atoms with van der Waals surface area (Å²) in [5, 5.41) is 0. The van der Waals surface area contributed by atoms with E-state index in [-0.39, 0.29) is 23.7 Å². The number of rotatable bonds is 9. The molecule has 1 nitrogen and oxygen atoms in total. The third-order valence-corrected chi connectivity index (χ3v) is 6.70. The fraction of sp³-hybridized carbons (Fsp3) is 0.556. The number of hydrogen-bond acceptors (Lipinski definition) is 1. The Labute approximate surface area is 193 Å². The Morgan fingerprint density at radius 2 is 1.52 bits per heavy atom. The first-order chi connectivity index (χ1) is 15.6. The molecule has 0 bridgehead atoms. The average Bonchev–Trinajstić information content (AvgIpc) is 2.73. The quantitative estimate of drug-likeness (QED) is 0.334. The van der Waals surface area contributed by atoms with Gasteiger partial charge in [-0.15, -0.1) is 13.2 Å². The second-order valence-corrected chi connectivity index (χ2v) is 9.70. The van der Waals surface area contributed by atoms with Crippen molar-refractivity contribution in [1.29, 1.82) is 0 Å². The molecule has 0 aliphatic heterocycles. The van der Waals surface area contributed by atoms with Gasteiger partial charge in [0.05, 0.1) is 0 Å². The third-order valence-electron chi connectivity index (χ3n) is 6.70. The minimum absolute atomic E-state index is 0.0248. The van der Waals surface area contributed by atoms with Crippen LogP contribution in [0.25, 0.3) is 0 Å². The first kappa shape index (κ1) is 25.5. The van der Waals surface area contributed by atoms with E-state index in [4.69, 9.17) is 0 Å². The second-order valence-electron chi connectivity index (χ2n) is 9.70. The fourth-order valence-corrected chi connectivity index (χ4v) is 4.82. The molecule has 2 aromatic carbocycles. The fourth-order valence-electron chi connectivity index (χ4n) is 4.82. The van der Waals surface area contributed by atoms with E-state index in [1.807, 2.05) is 0 Å². The van der Waals surface area contributed by atoms with Crippen molar-refractivity contribution < 1.29 is 26.7 Å². The maximum atomic E-state index is 14.8. The summed E-state index contributed by atoms with van der Waals surface area (Å²) in [4.78, 5) is 0. The Morgan fingerprint density at radius 1 is 0.909 bits per heavy atom. The first-order valence-corrected chi connectivity index (χ1v) is 11.9. The molecule has 0 atom stereocenters. The highest BCUT2D eigenvalue weighted by Crippen LogP contribution is 2.38. The summed E-state index contributed by atoms with van der Waals surface area (Å²) in [6, 6.07) is 8.32. The molecule has 0 amide bonds. The van der Waals surface area contributed by atoms with Gasteiger partial charge in [0, 0.05) is 5.56 Å². The number of benzene rings is 2. The van der Waals surface area contributed by atoms with Crippen molar-refractivity contribution in [3.8, 4) is 5.75 Å². The molecule has 2 aromatic rings. The van der Waals surface area contributed by atoms with E-state index in [0.717, 1.165) is 43.1 Å². The highest BCUT2D eigenvalue weighted by Gasteiger charge is 2.31. The lowest BCUT2D eigenvalue weighted by molar-refractivity contribution is -0.274. The van der Waals surface area contributed by atoms with E-state index in [1.54, 1.807) is 0 Å². The zero-order valence-corrected chi connectivity index (χ0v) is 19.4. The van der Waals surface area contributed by atoms with Gasteiger partial charge >= 0.3 is 6.36 Å². The molecule has 33 heavy (non-hydrogen) atoms. The number of alkyl halides is 3. The van der Waals surface area contributed by atoms with Crippen molar-refractivity contribution in [3.05, 3.63) is 64.7 Å². The Hall–Kier alpha value is -2.11. The predicted molar refractivity (Wildman–Crippen MR) is 120 cm³/mol. The minimum atomic E-state index is -4.75. The van der Waals surface area contributed by atoms with Crippen LogP contribution in [-0.4, -0.2) is 6.36 Å². The van der Waals surface area contributed by atoms with Crippen molar-refractivity contribution >= 4 is 0 Å². The van der Waals surface area contributed by atoms with Crippen molar-refractivity contribution in [2.24, 2.45) is 11.8 Å². The summed E-state index contributed by atoms with van der Waals surface area (Å²) in [7, 11) is 0. The summed E-state index contributed by atoms with van der Waals surface area (Å²) in [5.74, 6) is 0.255. The van der Waals surface area contributed by atoms with Gasteiger partial charge in [0.2, 0.25) is 0 Å². The molecule has 3 rings (SSSR count). The van der Waals surface area contributed by atoms with Gasteiger partial charge < -0.3 is 4.74 Å². The molecule has 0 aromatic heterocycles. The number of ether oxygens (including phenoxy) is 1.